The fourth-order valence-corrected chi connectivity index (χ4v) is 2.32. The van der Waals surface area contributed by atoms with Crippen molar-refractivity contribution in [1.29, 1.82) is 0 Å². The minimum atomic E-state index is -0.783. The average molecular weight is 363 g/mol. The molecule has 25 heavy (non-hydrogen) atoms. The molecule has 0 heterocycles. The van der Waals surface area contributed by atoms with Crippen LogP contribution in [0.15, 0.2) is 42.5 Å². The second-order valence-corrected chi connectivity index (χ2v) is 5.92. The summed E-state index contributed by atoms with van der Waals surface area (Å²) in [6, 6.07) is 11.8. The van der Waals surface area contributed by atoms with Crippen molar-refractivity contribution < 1.29 is 23.8 Å². The van der Waals surface area contributed by atoms with Gasteiger partial charge in [-0.2, -0.15) is 0 Å². The highest BCUT2D eigenvalue weighted by Crippen LogP contribution is 2.23. The Hall–Kier alpha value is -2.53. The van der Waals surface area contributed by atoms with E-state index in [2.05, 4.69) is 4.74 Å². The maximum absolute atomic E-state index is 12.2. The molecule has 0 saturated carbocycles. The second kappa shape index (κ2) is 8.53. The van der Waals surface area contributed by atoms with Gasteiger partial charge in [-0.15, -0.1) is 0 Å². The van der Waals surface area contributed by atoms with Crippen molar-refractivity contribution in [3.8, 4) is 11.5 Å². The summed E-state index contributed by atoms with van der Waals surface area (Å²) in [4.78, 5) is 23.4. The van der Waals surface area contributed by atoms with E-state index in [0.717, 1.165) is 11.1 Å². The molecule has 0 aromatic heterocycles. The van der Waals surface area contributed by atoms with Crippen molar-refractivity contribution in [2.45, 2.75) is 26.4 Å². The number of hydrogen-bond acceptors (Lipinski definition) is 5. The molecule has 0 saturated heterocycles. The lowest BCUT2D eigenvalue weighted by molar-refractivity contribution is -0.141. The van der Waals surface area contributed by atoms with Gasteiger partial charge in [0.25, 0.3) is 0 Å². The number of methoxy groups -OCH3 is 1. The molecule has 6 heteroatoms. The number of esters is 2. The van der Waals surface area contributed by atoms with E-state index < -0.39 is 12.1 Å². The average Bonchev–Trinajstić information content (AvgIpc) is 2.58. The highest BCUT2D eigenvalue weighted by molar-refractivity contribution is 6.30. The summed E-state index contributed by atoms with van der Waals surface area (Å²) in [6.45, 7) is 3.46. The molecule has 0 fully saturated rings. The van der Waals surface area contributed by atoms with Gasteiger partial charge in [-0.1, -0.05) is 23.7 Å². The molecule has 0 aliphatic rings. The fourth-order valence-electron chi connectivity index (χ4n) is 2.10. The Kier molecular flexibility index (Phi) is 6.42. The Morgan fingerprint density at radius 1 is 1.12 bits per heavy atom. The molecular weight excluding hydrogens is 344 g/mol. The number of hydrogen-bond donors (Lipinski definition) is 0. The first kappa shape index (κ1) is 18.8. The summed E-state index contributed by atoms with van der Waals surface area (Å²) in [7, 11) is 1.34. The Balaban J connectivity index is 1.95. The van der Waals surface area contributed by atoms with E-state index in [1.165, 1.54) is 7.11 Å². The number of aryl methyl sites for hydroxylation is 1. The standard InChI is InChI=1S/C19H19ClO5/c1-12-10-15(20)6-9-17(12)24-13(2)19(22)25-16-7-4-14(5-8-16)11-18(21)23-3/h4-10,13H,11H2,1-3H3. The van der Waals surface area contributed by atoms with Crippen LogP contribution in [0.4, 0.5) is 0 Å². The van der Waals surface area contributed by atoms with Gasteiger partial charge in [0.05, 0.1) is 13.5 Å². The zero-order valence-electron chi connectivity index (χ0n) is 14.2. The van der Waals surface area contributed by atoms with Crippen molar-refractivity contribution in [3.63, 3.8) is 0 Å². The van der Waals surface area contributed by atoms with Crippen LogP contribution in [0.3, 0.4) is 0 Å². The number of carbonyl (C=O) groups is 2. The summed E-state index contributed by atoms with van der Waals surface area (Å²) in [5.41, 5.74) is 1.60. The summed E-state index contributed by atoms with van der Waals surface area (Å²) < 4.78 is 15.5. The van der Waals surface area contributed by atoms with Gasteiger partial charge >= 0.3 is 11.9 Å². The number of benzene rings is 2. The van der Waals surface area contributed by atoms with Gasteiger partial charge in [0.2, 0.25) is 0 Å². The maximum atomic E-state index is 12.2. The summed E-state index contributed by atoms with van der Waals surface area (Å²) in [5, 5.41) is 0.604. The lowest BCUT2D eigenvalue weighted by Gasteiger charge is -2.15. The number of carbonyl (C=O) groups excluding carboxylic acids is 2. The topological polar surface area (TPSA) is 61.8 Å². The molecule has 2 rings (SSSR count). The van der Waals surface area contributed by atoms with Crippen LogP contribution in [0.25, 0.3) is 0 Å². The summed E-state index contributed by atoms with van der Waals surface area (Å²) in [6.07, 6.45) is -0.616. The largest absolute Gasteiger partial charge is 0.479 e. The molecule has 0 spiro atoms. The van der Waals surface area contributed by atoms with Gasteiger partial charge in [-0.25, -0.2) is 4.79 Å². The Bertz CT molecular complexity index is 755. The molecule has 0 radical (unpaired) electrons. The van der Waals surface area contributed by atoms with Crippen molar-refractivity contribution in [3.05, 3.63) is 58.6 Å². The molecule has 0 amide bonds. The molecule has 1 unspecified atom stereocenters. The van der Waals surface area contributed by atoms with Gasteiger partial charge in [-0.3, -0.25) is 4.79 Å². The number of halogens is 1. The van der Waals surface area contributed by atoms with E-state index in [0.29, 0.717) is 16.5 Å². The summed E-state index contributed by atoms with van der Waals surface area (Å²) >= 11 is 5.90. The molecule has 5 nitrogen and oxygen atoms in total. The van der Waals surface area contributed by atoms with Gasteiger partial charge in [0.15, 0.2) is 6.10 Å². The van der Waals surface area contributed by atoms with Crippen LogP contribution in [-0.4, -0.2) is 25.2 Å². The molecule has 132 valence electrons. The molecule has 1 atom stereocenters. The van der Waals surface area contributed by atoms with E-state index in [-0.39, 0.29) is 12.4 Å². The lowest BCUT2D eigenvalue weighted by Crippen LogP contribution is -2.28. The second-order valence-electron chi connectivity index (χ2n) is 5.49. The van der Waals surface area contributed by atoms with Gasteiger partial charge < -0.3 is 14.2 Å². The van der Waals surface area contributed by atoms with E-state index in [1.807, 2.05) is 6.92 Å². The van der Waals surface area contributed by atoms with Crippen LogP contribution in [0.2, 0.25) is 5.02 Å². The minimum absolute atomic E-state index is 0.167. The van der Waals surface area contributed by atoms with Crippen molar-refractivity contribution in [2.75, 3.05) is 7.11 Å². The first-order chi connectivity index (χ1) is 11.9. The zero-order chi connectivity index (χ0) is 18.4. The molecular formula is C19H19ClO5. The van der Waals surface area contributed by atoms with Crippen LogP contribution in [-0.2, 0) is 20.7 Å². The quantitative estimate of drug-likeness (QED) is 0.578. The lowest BCUT2D eigenvalue weighted by atomic mass is 10.1. The normalized spacial score (nSPS) is 11.5. The first-order valence-electron chi connectivity index (χ1n) is 7.69. The fraction of sp³-hybridized carbons (Fsp3) is 0.263. The molecule has 0 aliphatic heterocycles. The van der Waals surface area contributed by atoms with Crippen molar-refractivity contribution in [1.82, 2.24) is 0 Å². The highest BCUT2D eigenvalue weighted by atomic mass is 35.5. The van der Waals surface area contributed by atoms with Crippen LogP contribution in [0, 0.1) is 6.92 Å². The summed E-state index contributed by atoms with van der Waals surface area (Å²) in [5.74, 6) is 0.101. The predicted octanol–water partition coefficient (Wildman–Crippen LogP) is 3.74. The third-order valence-corrected chi connectivity index (χ3v) is 3.73. The number of ether oxygens (including phenoxy) is 3. The smallest absolute Gasteiger partial charge is 0.352 e. The van der Waals surface area contributed by atoms with Crippen LogP contribution < -0.4 is 9.47 Å². The number of rotatable bonds is 6. The SMILES string of the molecule is COC(=O)Cc1ccc(OC(=O)C(C)Oc2ccc(Cl)cc2C)cc1. The van der Waals surface area contributed by atoms with Crippen molar-refractivity contribution in [2.24, 2.45) is 0 Å². The van der Waals surface area contributed by atoms with E-state index in [4.69, 9.17) is 21.1 Å². The van der Waals surface area contributed by atoms with Crippen molar-refractivity contribution >= 4 is 23.5 Å². The van der Waals surface area contributed by atoms with Gasteiger partial charge in [0.1, 0.15) is 11.5 Å². The molecule has 0 bridgehead atoms. The molecule has 0 N–H and O–H groups in total. The van der Waals surface area contributed by atoms with Gasteiger partial charge in [0, 0.05) is 5.02 Å². The zero-order valence-corrected chi connectivity index (χ0v) is 15.0. The van der Waals surface area contributed by atoms with E-state index in [9.17, 15) is 9.59 Å². The van der Waals surface area contributed by atoms with Crippen LogP contribution >= 0.6 is 11.6 Å². The van der Waals surface area contributed by atoms with Crippen LogP contribution in [0.1, 0.15) is 18.1 Å². The third kappa shape index (κ3) is 5.50. The van der Waals surface area contributed by atoms with E-state index in [1.54, 1.807) is 49.4 Å². The van der Waals surface area contributed by atoms with Gasteiger partial charge in [-0.05, 0) is 55.3 Å². The Morgan fingerprint density at radius 2 is 1.80 bits per heavy atom. The first-order valence-corrected chi connectivity index (χ1v) is 8.07. The third-order valence-electron chi connectivity index (χ3n) is 3.49. The van der Waals surface area contributed by atoms with Crippen LogP contribution in [0.5, 0.6) is 11.5 Å². The molecule has 2 aromatic carbocycles. The molecule has 0 aliphatic carbocycles. The van der Waals surface area contributed by atoms with E-state index >= 15 is 0 Å². The Labute approximate surface area is 151 Å². The minimum Gasteiger partial charge on any atom is -0.479 e. The maximum Gasteiger partial charge on any atom is 0.352 e. The Morgan fingerprint density at radius 3 is 2.40 bits per heavy atom. The highest BCUT2D eigenvalue weighted by Gasteiger charge is 2.18. The molecule has 2 aromatic rings. The monoisotopic (exact) mass is 362 g/mol. The predicted molar refractivity (Wildman–Crippen MR) is 94.1 cm³/mol.